The lowest BCUT2D eigenvalue weighted by atomic mass is 10.1. The van der Waals surface area contributed by atoms with E-state index in [0.717, 1.165) is 12.8 Å². The highest BCUT2D eigenvalue weighted by atomic mass is 16.6. The molecule has 0 aliphatic rings. The quantitative estimate of drug-likeness (QED) is 0.109. The molecular weight excluding hydrogens is 410 g/mol. The number of rotatable bonds is 18. The third kappa shape index (κ3) is 13.1. The monoisotopic (exact) mass is 449 g/mol. The van der Waals surface area contributed by atoms with Gasteiger partial charge in [-0.1, -0.05) is 64.7 Å². The molecule has 0 atom stereocenters. The molecule has 32 heavy (non-hydrogen) atoms. The summed E-state index contributed by atoms with van der Waals surface area (Å²) in [6, 6.07) is 4.61. The number of hydrogen-bond acceptors (Lipinski definition) is 6. The standard InChI is InChI=1S/C25H39NO6/c1-3-4-5-6-7-8-9-10-11-12-18-31-24(27)14-13-15-25(28)32-20-22-16-17-23(26(29)30)21(2)19-22/h16-17,19H,3-15,18,20H2,1-2H3. The van der Waals surface area contributed by atoms with Gasteiger partial charge in [-0.25, -0.2) is 0 Å². The first-order chi connectivity index (χ1) is 15.4. The summed E-state index contributed by atoms with van der Waals surface area (Å²) in [6.45, 7) is 4.37. The smallest absolute Gasteiger partial charge is 0.306 e. The number of aryl methyl sites for hydroxylation is 1. The van der Waals surface area contributed by atoms with Crippen LogP contribution in [-0.2, 0) is 25.7 Å². The van der Waals surface area contributed by atoms with Crippen LogP contribution in [0.1, 0.15) is 102 Å². The SMILES string of the molecule is CCCCCCCCCCCCOC(=O)CCCC(=O)OCc1ccc([N+](=O)[O-])c(C)c1. The Hall–Kier alpha value is -2.44. The number of ether oxygens (including phenoxy) is 2. The molecule has 180 valence electrons. The van der Waals surface area contributed by atoms with Gasteiger partial charge < -0.3 is 9.47 Å². The minimum Gasteiger partial charge on any atom is -0.466 e. The van der Waals surface area contributed by atoms with Crippen molar-refractivity contribution in [3.8, 4) is 0 Å². The van der Waals surface area contributed by atoms with Crippen LogP contribution in [0.3, 0.4) is 0 Å². The van der Waals surface area contributed by atoms with Gasteiger partial charge in [-0.2, -0.15) is 0 Å². The molecule has 0 bridgehead atoms. The van der Waals surface area contributed by atoms with E-state index < -0.39 is 10.9 Å². The predicted octanol–water partition coefficient (Wildman–Crippen LogP) is 6.58. The van der Waals surface area contributed by atoms with E-state index in [0.29, 0.717) is 24.2 Å². The molecule has 1 aromatic carbocycles. The predicted molar refractivity (Wildman–Crippen MR) is 124 cm³/mol. The van der Waals surface area contributed by atoms with Crippen molar-refractivity contribution in [1.29, 1.82) is 0 Å². The van der Waals surface area contributed by atoms with Gasteiger partial charge in [-0.3, -0.25) is 19.7 Å². The van der Waals surface area contributed by atoms with E-state index in [4.69, 9.17) is 9.47 Å². The van der Waals surface area contributed by atoms with Gasteiger partial charge in [-0.05, 0) is 37.5 Å². The number of unbranched alkanes of at least 4 members (excludes halogenated alkanes) is 9. The summed E-state index contributed by atoms with van der Waals surface area (Å²) in [5.74, 6) is -0.678. The molecular formula is C25H39NO6. The van der Waals surface area contributed by atoms with Crippen molar-refractivity contribution in [2.45, 2.75) is 104 Å². The minimum atomic E-state index is -0.444. The molecule has 0 aliphatic heterocycles. The van der Waals surface area contributed by atoms with Crippen molar-refractivity contribution in [1.82, 2.24) is 0 Å². The van der Waals surface area contributed by atoms with Crippen LogP contribution in [0, 0.1) is 17.0 Å². The first-order valence-electron chi connectivity index (χ1n) is 12.0. The number of nitro groups is 1. The Morgan fingerprint density at radius 1 is 0.844 bits per heavy atom. The Kier molecular flexibility index (Phi) is 14.8. The number of hydrogen-bond donors (Lipinski definition) is 0. The number of benzene rings is 1. The fourth-order valence-electron chi connectivity index (χ4n) is 3.47. The van der Waals surface area contributed by atoms with Crippen molar-refractivity contribution in [3.05, 3.63) is 39.4 Å². The average molecular weight is 450 g/mol. The Morgan fingerprint density at radius 2 is 1.41 bits per heavy atom. The zero-order valence-corrected chi connectivity index (χ0v) is 19.7. The zero-order valence-electron chi connectivity index (χ0n) is 19.7. The van der Waals surface area contributed by atoms with Gasteiger partial charge in [0.2, 0.25) is 0 Å². The van der Waals surface area contributed by atoms with Gasteiger partial charge in [0.05, 0.1) is 11.5 Å². The van der Waals surface area contributed by atoms with Crippen LogP contribution in [0.5, 0.6) is 0 Å². The number of carbonyl (C=O) groups is 2. The maximum Gasteiger partial charge on any atom is 0.306 e. The lowest BCUT2D eigenvalue weighted by molar-refractivity contribution is -0.385. The number of nitrogens with zero attached hydrogens (tertiary/aromatic N) is 1. The number of nitro benzene ring substituents is 1. The fraction of sp³-hybridized carbons (Fsp3) is 0.680. The van der Waals surface area contributed by atoms with E-state index in [9.17, 15) is 19.7 Å². The van der Waals surface area contributed by atoms with Crippen LogP contribution in [0.25, 0.3) is 0 Å². The van der Waals surface area contributed by atoms with E-state index in [2.05, 4.69) is 6.92 Å². The summed E-state index contributed by atoms with van der Waals surface area (Å²) in [7, 11) is 0. The maximum absolute atomic E-state index is 11.8. The van der Waals surface area contributed by atoms with Crippen molar-refractivity contribution in [3.63, 3.8) is 0 Å². The topological polar surface area (TPSA) is 95.7 Å². The summed E-state index contributed by atoms with van der Waals surface area (Å²) in [5.41, 5.74) is 1.25. The second-order valence-corrected chi connectivity index (χ2v) is 8.29. The molecule has 0 radical (unpaired) electrons. The first-order valence-corrected chi connectivity index (χ1v) is 12.0. The summed E-state index contributed by atoms with van der Waals surface area (Å²) < 4.78 is 10.4. The second kappa shape index (κ2) is 17.2. The fourth-order valence-corrected chi connectivity index (χ4v) is 3.47. The number of esters is 2. The van der Waals surface area contributed by atoms with Crippen molar-refractivity contribution in [2.75, 3.05) is 6.61 Å². The Balaban J connectivity index is 2.01. The molecule has 7 nitrogen and oxygen atoms in total. The average Bonchev–Trinajstić information content (AvgIpc) is 2.76. The molecule has 0 spiro atoms. The molecule has 0 aromatic heterocycles. The Morgan fingerprint density at radius 3 is 1.97 bits per heavy atom. The molecule has 0 heterocycles. The van der Waals surface area contributed by atoms with Crippen LogP contribution < -0.4 is 0 Å². The van der Waals surface area contributed by atoms with Gasteiger partial charge in [0.15, 0.2) is 0 Å². The van der Waals surface area contributed by atoms with E-state index in [-0.39, 0.29) is 31.1 Å². The van der Waals surface area contributed by atoms with Gasteiger partial charge in [0, 0.05) is 24.5 Å². The molecule has 0 saturated carbocycles. The molecule has 7 heteroatoms. The largest absolute Gasteiger partial charge is 0.466 e. The van der Waals surface area contributed by atoms with Gasteiger partial charge in [0.1, 0.15) is 6.61 Å². The van der Waals surface area contributed by atoms with Crippen LogP contribution in [-0.4, -0.2) is 23.5 Å². The third-order valence-electron chi connectivity index (χ3n) is 5.38. The third-order valence-corrected chi connectivity index (χ3v) is 5.38. The van der Waals surface area contributed by atoms with Crippen LogP contribution in [0.4, 0.5) is 5.69 Å². The lowest BCUT2D eigenvalue weighted by Crippen LogP contribution is -2.09. The molecule has 0 unspecified atom stereocenters. The highest BCUT2D eigenvalue weighted by Crippen LogP contribution is 2.19. The Bertz CT molecular complexity index is 704. The molecule has 0 aliphatic carbocycles. The van der Waals surface area contributed by atoms with Crippen LogP contribution >= 0.6 is 0 Å². The van der Waals surface area contributed by atoms with Gasteiger partial charge in [-0.15, -0.1) is 0 Å². The van der Waals surface area contributed by atoms with Crippen LogP contribution in [0.2, 0.25) is 0 Å². The van der Waals surface area contributed by atoms with E-state index in [1.165, 1.54) is 57.4 Å². The van der Waals surface area contributed by atoms with Crippen LogP contribution in [0.15, 0.2) is 18.2 Å². The maximum atomic E-state index is 11.8. The van der Waals surface area contributed by atoms with E-state index >= 15 is 0 Å². The Labute approximate surface area is 192 Å². The number of carbonyl (C=O) groups excluding carboxylic acids is 2. The molecule has 0 amide bonds. The van der Waals surface area contributed by atoms with Crippen molar-refractivity contribution in [2.24, 2.45) is 0 Å². The summed E-state index contributed by atoms with van der Waals surface area (Å²) >= 11 is 0. The highest BCUT2D eigenvalue weighted by molar-refractivity contribution is 5.72. The zero-order chi connectivity index (χ0) is 23.6. The van der Waals surface area contributed by atoms with Crippen molar-refractivity contribution >= 4 is 17.6 Å². The first kappa shape index (κ1) is 27.6. The van der Waals surface area contributed by atoms with E-state index in [1.807, 2.05) is 0 Å². The summed E-state index contributed by atoms with van der Waals surface area (Å²) in [4.78, 5) is 34.0. The van der Waals surface area contributed by atoms with Crippen molar-refractivity contribution < 1.29 is 24.0 Å². The molecule has 0 fully saturated rings. The molecule has 1 aromatic rings. The van der Waals surface area contributed by atoms with E-state index in [1.54, 1.807) is 19.1 Å². The molecule has 1 rings (SSSR count). The normalized spacial score (nSPS) is 10.7. The van der Waals surface area contributed by atoms with Gasteiger partial charge in [0.25, 0.3) is 5.69 Å². The minimum absolute atomic E-state index is 0.0383. The lowest BCUT2D eigenvalue weighted by Gasteiger charge is -2.07. The molecule has 0 saturated heterocycles. The van der Waals surface area contributed by atoms with Gasteiger partial charge >= 0.3 is 11.9 Å². The highest BCUT2D eigenvalue weighted by Gasteiger charge is 2.12. The second-order valence-electron chi connectivity index (χ2n) is 8.29. The summed E-state index contributed by atoms with van der Waals surface area (Å²) in [6.07, 6.45) is 13.1. The summed E-state index contributed by atoms with van der Waals surface area (Å²) in [5, 5.41) is 10.8. The molecule has 0 N–H and O–H groups in total.